The number of pyridine rings is 1. The highest BCUT2D eigenvalue weighted by molar-refractivity contribution is 5.75. The summed E-state index contributed by atoms with van der Waals surface area (Å²) in [5.41, 5.74) is 1.85. The van der Waals surface area contributed by atoms with Gasteiger partial charge in [0.15, 0.2) is 0 Å². The maximum absolute atomic E-state index is 11.5. The van der Waals surface area contributed by atoms with E-state index in [-0.39, 0.29) is 5.91 Å². The maximum Gasteiger partial charge on any atom is 0.225 e. The third-order valence-electron chi connectivity index (χ3n) is 2.69. The molecule has 0 aliphatic heterocycles. The van der Waals surface area contributed by atoms with Crippen LogP contribution >= 0.6 is 0 Å². The van der Waals surface area contributed by atoms with E-state index >= 15 is 0 Å². The molecule has 1 aromatic rings. The Hall–Kier alpha value is -1.62. The van der Waals surface area contributed by atoms with Crippen molar-refractivity contribution in [3.8, 4) is 5.75 Å². The molecule has 1 amide bonds. The number of rotatable bonds is 7. The van der Waals surface area contributed by atoms with Crippen LogP contribution in [0.25, 0.3) is 0 Å². The van der Waals surface area contributed by atoms with E-state index in [4.69, 9.17) is 4.74 Å². The number of nitrogens with one attached hydrogen (secondary N) is 1. The van der Waals surface area contributed by atoms with Crippen LogP contribution in [0.4, 0.5) is 0 Å². The summed E-state index contributed by atoms with van der Waals surface area (Å²) >= 11 is 0. The molecule has 19 heavy (non-hydrogen) atoms. The SMILES string of the molecule is CCNCc1nc(C)ccc1OCCC(=O)N(C)C. The summed E-state index contributed by atoms with van der Waals surface area (Å²) in [5, 5.41) is 3.23. The molecule has 0 atom stereocenters. The molecule has 0 spiro atoms. The number of aromatic nitrogens is 1. The highest BCUT2D eigenvalue weighted by atomic mass is 16.5. The zero-order valence-electron chi connectivity index (χ0n) is 12.2. The second-order valence-electron chi connectivity index (χ2n) is 4.56. The Balaban J connectivity index is 2.59. The largest absolute Gasteiger partial charge is 0.491 e. The Morgan fingerprint density at radius 1 is 1.42 bits per heavy atom. The molecule has 0 radical (unpaired) electrons. The fourth-order valence-corrected chi connectivity index (χ4v) is 1.57. The molecule has 0 saturated carbocycles. The van der Waals surface area contributed by atoms with Gasteiger partial charge in [-0.05, 0) is 25.6 Å². The summed E-state index contributed by atoms with van der Waals surface area (Å²) < 4.78 is 5.66. The van der Waals surface area contributed by atoms with Crippen LogP contribution in [-0.2, 0) is 11.3 Å². The predicted molar refractivity (Wildman–Crippen MR) is 75.2 cm³/mol. The van der Waals surface area contributed by atoms with Gasteiger partial charge in [0.05, 0.1) is 18.7 Å². The third-order valence-corrected chi connectivity index (χ3v) is 2.69. The van der Waals surface area contributed by atoms with Gasteiger partial charge in [-0.2, -0.15) is 0 Å². The number of amides is 1. The molecule has 0 aromatic carbocycles. The molecule has 1 heterocycles. The second-order valence-corrected chi connectivity index (χ2v) is 4.56. The van der Waals surface area contributed by atoms with E-state index in [1.165, 1.54) is 0 Å². The molecule has 0 unspecified atom stereocenters. The van der Waals surface area contributed by atoms with Crippen LogP contribution in [0.2, 0.25) is 0 Å². The highest BCUT2D eigenvalue weighted by Gasteiger charge is 2.08. The van der Waals surface area contributed by atoms with E-state index in [9.17, 15) is 4.79 Å². The Morgan fingerprint density at radius 2 is 2.16 bits per heavy atom. The Bertz CT molecular complexity index is 419. The van der Waals surface area contributed by atoms with Gasteiger partial charge < -0.3 is 15.0 Å². The Labute approximate surface area is 115 Å². The van der Waals surface area contributed by atoms with Crippen LogP contribution < -0.4 is 10.1 Å². The second kappa shape index (κ2) is 7.74. The number of hydrogen-bond donors (Lipinski definition) is 1. The minimum absolute atomic E-state index is 0.0632. The molecular weight excluding hydrogens is 242 g/mol. The summed E-state index contributed by atoms with van der Waals surface area (Å²) in [6, 6.07) is 3.83. The molecular formula is C14H23N3O2. The van der Waals surface area contributed by atoms with Crippen molar-refractivity contribution in [1.29, 1.82) is 0 Å². The minimum Gasteiger partial charge on any atom is -0.491 e. The van der Waals surface area contributed by atoms with Crippen LogP contribution in [-0.4, -0.2) is 43.0 Å². The van der Waals surface area contributed by atoms with Crippen LogP contribution in [0.15, 0.2) is 12.1 Å². The first-order valence-corrected chi connectivity index (χ1v) is 6.54. The van der Waals surface area contributed by atoms with E-state index in [0.717, 1.165) is 23.7 Å². The first-order valence-electron chi connectivity index (χ1n) is 6.54. The minimum atomic E-state index is 0.0632. The van der Waals surface area contributed by atoms with E-state index in [1.807, 2.05) is 26.0 Å². The lowest BCUT2D eigenvalue weighted by Crippen LogP contribution is -2.23. The molecule has 106 valence electrons. The van der Waals surface area contributed by atoms with E-state index in [1.54, 1.807) is 19.0 Å². The van der Waals surface area contributed by atoms with E-state index in [2.05, 4.69) is 10.3 Å². The summed E-state index contributed by atoms with van der Waals surface area (Å²) in [4.78, 5) is 17.5. The number of carbonyl (C=O) groups is 1. The summed E-state index contributed by atoms with van der Waals surface area (Å²) in [7, 11) is 3.48. The third kappa shape index (κ3) is 5.26. The van der Waals surface area contributed by atoms with Gasteiger partial charge in [-0.1, -0.05) is 6.92 Å². The van der Waals surface area contributed by atoms with E-state index < -0.39 is 0 Å². The lowest BCUT2D eigenvalue weighted by molar-refractivity contribution is -0.129. The van der Waals surface area contributed by atoms with Crippen molar-refractivity contribution in [2.45, 2.75) is 26.8 Å². The van der Waals surface area contributed by atoms with Gasteiger partial charge in [0.1, 0.15) is 5.75 Å². The number of aryl methyl sites for hydroxylation is 1. The molecule has 1 N–H and O–H groups in total. The molecule has 0 aliphatic rings. The normalized spacial score (nSPS) is 10.3. The highest BCUT2D eigenvalue weighted by Crippen LogP contribution is 2.17. The van der Waals surface area contributed by atoms with Crippen LogP contribution in [0.3, 0.4) is 0 Å². The average Bonchev–Trinajstić information content (AvgIpc) is 2.38. The van der Waals surface area contributed by atoms with Gasteiger partial charge in [0.2, 0.25) is 5.91 Å². The van der Waals surface area contributed by atoms with Gasteiger partial charge >= 0.3 is 0 Å². The molecule has 0 saturated heterocycles. The van der Waals surface area contributed by atoms with Gasteiger partial charge in [0, 0.05) is 26.3 Å². The number of carbonyl (C=O) groups excluding carboxylic acids is 1. The molecule has 0 aliphatic carbocycles. The van der Waals surface area contributed by atoms with Crippen molar-refractivity contribution < 1.29 is 9.53 Å². The average molecular weight is 265 g/mol. The summed E-state index contributed by atoms with van der Waals surface area (Å²) in [6.07, 6.45) is 0.377. The van der Waals surface area contributed by atoms with Gasteiger partial charge in [-0.25, -0.2) is 0 Å². The fraction of sp³-hybridized carbons (Fsp3) is 0.571. The topological polar surface area (TPSA) is 54.5 Å². The fourth-order valence-electron chi connectivity index (χ4n) is 1.57. The molecule has 0 fully saturated rings. The van der Waals surface area contributed by atoms with Crippen molar-refractivity contribution in [3.05, 3.63) is 23.5 Å². The molecule has 1 rings (SSSR count). The van der Waals surface area contributed by atoms with Gasteiger partial charge in [0.25, 0.3) is 0 Å². The maximum atomic E-state index is 11.5. The zero-order chi connectivity index (χ0) is 14.3. The monoisotopic (exact) mass is 265 g/mol. The van der Waals surface area contributed by atoms with Crippen LogP contribution in [0.5, 0.6) is 5.75 Å². The van der Waals surface area contributed by atoms with E-state index in [0.29, 0.717) is 19.6 Å². The van der Waals surface area contributed by atoms with Crippen molar-refractivity contribution in [3.63, 3.8) is 0 Å². The lowest BCUT2D eigenvalue weighted by atomic mass is 10.2. The van der Waals surface area contributed by atoms with Crippen molar-refractivity contribution in [1.82, 2.24) is 15.2 Å². The van der Waals surface area contributed by atoms with Crippen LogP contribution in [0.1, 0.15) is 24.7 Å². The van der Waals surface area contributed by atoms with Crippen molar-refractivity contribution >= 4 is 5.91 Å². The molecule has 5 heteroatoms. The first-order chi connectivity index (χ1) is 9.04. The molecule has 0 bridgehead atoms. The zero-order valence-corrected chi connectivity index (χ0v) is 12.2. The Kier molecular flexibility index (Phi) is 6.29. The number of ether oxygens (including phenoxy) is 1. The predicted octanol–water partition coefficient (Wildman–Crippen LogP) is 1.36. The van der Waals surface area contributed by atoms with Crippen molar-refractivity contribution in [2.24, 2.45) is 0 Å². The smallest absolute Gasteiger partial charge is 0.225 e. The summed E-state index contributed by atoms with van der Waals surface area (Å²) in [6.45, 7) is 5.94. The molecule has 1 aromatic heterocycles. The Morgan fingerprint density at radius 3 is 2.79 bits per heavy atom. The van der Waals surface area contributed by atoms with Crippen LogP contribution in [0, 0.1) is 6.92 Å². The quantitative estimate of drug-likeness (QED) is 0.808. The standard InChI is InChI=1S/C14H23N3O2/c1-5-15-10-12-13(7-6-11(2)16-12)19-9-8-14(18)17(3)4/h6-7,15H,5,8-10H2,1-4H3. The summed E-state index contributed by atoms with van der Waals surface area (Å²) in [5.74, 6) is 0.811. The first kappa shape index (κ1) is 15.4. The number of nitrogens with zero attached hydrogens (tertiary/aromatic N) is 2. The van der Waals surface area contributed by atoms with Gasteiger partial charge in [-0.3, -0.25) is 9.78 Å². The lowest BCUT2D eigenvalue weighted by Gasteiger charge is -2.13. The number of hydrogen-bond acceptors (Lipinski definition) is 4. The van der Waals surface area contributed by atoms with Crippen molar-refractivity contribution in [2.75, 3.05) is 27.2 Å². The van der Waals surface area contributed by atoms with Gasteiger partial charge in [-0.15, -0.1) is 0 Å². The molecule has 5 nitrogen and oxygen atoms in total.